The molecule has 0 unspecified atom stereocenters. The van der Waals surface area contributed by atoms with Gasteiger partial charge in [0, 0.05) is 11.3 Å². The number of benzene rings is 2. The number of sulfonamides is 1. The lowest BCUT2D eigenvalue weighted by molar-refractivity contribution is 0.102. The molecule has 0 aliphatic rings. The quantitative estimate of drug-likeness (QED) is 0.625. The van der Waals surface area contributed by atoms with Crippen molar-refractivity contribution in [3.8, 4) is 0 Å². The average Bonchev–Trinajstić information content (AvgIpc) is 3.16. The Kier molecular flexibility index (Phi) is 5.88. The van der Waals surface area contributed by atoms with Gasteiger partial charge >= 0.3 is 0 Å². The molecule has 1 amide bonds. The van der Waals surface area contributed by atoms with Crippen molar-refractivity contribution in [1.29, 1.82) is 0 Å². The fraction of sp³-hybridized carbons (Fsp3) is 0.150. The van der Waals surface area contributed by atoms with Crippen LogP contribution in [0.5, 0.6) is 0 Å². The number of nitrogens with one attached hydrogen (secondary N) is 2. The summed E-state index contributed by atoms with van der Waals surface area (Å²) in [4.78, 5) is 12.4. The fourth-order valence-electron chi connectivity index (χ4n) is 2.66. The molecule has 3 rings (SSSR count). The van der Waals surface area contributed by atoms with E-state index in [0.29, 0.717) is 11.4 Å². The van der Waals surface area contributed by atoms with Gasteiger partial charge in [-0.1, -0.05) is 29.3 Å². The molecule has 0 aliphatic carbocycles. The number of anilines is 1. The highest BCUT2D eigenvalue weighted by atomic mass is 35.5. The molecule has 28 heavy (non-hydrogen) atoms. The summed E-state index contributed by atoms with van der Waals surface area (Å²) in [6.45, 7) is 3.83. The molecule has 0 bridgehead atoms. The molecule has 0 saturated carbocycles. The molecule has 0 atom stereocenters. The van der Waals surface area contributed by atoms with Crippen molar-refractivity contribution in [3.05, 3.63) is 82.3 Å². The summed E-state index contributed by atoms with van der Waals surface area (Å²) in [7, 11) is -3.93. The summed E-state index contributed by atoms with van der Waals surface area (Å²) in [5.74, 6) is 0.0366. The van der Waals surface area contributed by atoms with Crippen molar-refractivity contribution in [2.24, 2.45) is 0 Å². The molecule has 1 aromatic heterocycles. The molecule has 2 aromatic carbocycles. The van der Waals surface area contributed by atoms with Crippen LogP contribution in [0.4, 0.5) is 5.69 Å². The Morgan fingerprint density at radius 3 is 2.57 bits per heavy atom. The minimum Gasteiger partial charge on any atom is -0.468 e. The molecule has 1 heterocycles. The van der Waals surface area contributed by atoms with Crippen LogP contribution in [0.2, 0.25) is 5.02 Å². The number of halogens is 1. The van der Waals surface area contributed by atoms with Crippen LogP contribution in [0.25, 0.3) is 0 Å². The number of aryl methyl sites for hydroxylation is 2. The maximum Gasteiger partial charge on any atom is 0.255 e. The fourth-order valence-corrected chi connectivity index (χ4v) is 4.17. The molecule has 2 N–H and O–H groups in total. The summed E-state index contributed by atoms with van der Waals surface area (Å²) in [6.07, 6.45) is 1.45. The van der Waals surface area contributed by atoms with E-state index in [9.17, 15) is 13.2 Å². The molecule has 3 aromatic rings. The predicted molar refractivity (Wildman–Crippen MR) is 108 cm³/mol. The summed E-state index contributed by atoms with van der Waals surface area (Å²) in [5, 5.41) is 2.82. The number of carbonyl (C=O) groups excluding carboxylic acids is 1. The highest BCUT2D eigenvalue weighted by Crippen LogP contribution is 2.24. The second-order valence-electron chi connectivity index (χ2n) is 6.32. The molecule has 0 fully saturated rings. The lowest BCUT2D eigenvalue weighted by atomic mass is 10.1. The zero-order valence-electron chi connectivity index (χ0n) is 15.3. The monoisotopic (exact) mass is 418 g/mol. The maximum absolute atomic E-state index is 12.6. The van der Waals surface area contributed by atoms with Crippen molar-refractivity contribution < 1.29 is 17.6 Å². The molecule has 0 saturated heterocycles. The van der Waals surface area contributed by atoms with E-state index in [1.54, 1.807) is 18.2 Å². The van der Waals surface area contributed by atoms with Gasteiger partial charge < -0.3 is 9.73 Å². The van der Waals surface area contributed by atoms with Gasteiger partial charge in [-0.3, -0.25) is 4.79 Å². The molecule has 8 heteroatoms. The Hall–Kier alpha value is -2.61. The normalized spacial score (nSPS) is 11.4. The van der Waals surface area contributed by atoms with E-state index in [1.807, 2.05) is 26.0 Å². The van der Waals surface area contributed by atoms with Gasteiger partial charge in [0.25, 0.3) is 5.91 Å². The molecule has 6 nitrogen and oxygen atoms in total. The first kappa shape index (κ1) is 20.1. The van der Waals surface area contributed by atoms with Crippen LogP contribution in [0.3, 0.4) is 0 Å². The second kappa shape index (κ2) is 8.18. The van der Waals surface area contributed by atoms with Crippen LogP contribution in [-0.4, -0.2) is 14.3 Å². The molecule has 0 spiro atoms. The van der Waals surface area contributed by atoms with Crippen LogP contribution >= 0.6 is 11.6 Å². The summed E-state index contributed by atoms with van der Waals surface area (Å²) < 4.78 is 32.7. The van der Waals surface area contributed by atoms with Crippen LogP contribution in [0.1, 0.15) is 27.2 Å². The number of hydrogen-bond donors (Lipinski definition) is 2. The molecule has 0 radical (unpaired) electrons. The maximum atomic E-state index is 12.6. The van der Waals surface area contributed by atoms with Gasteiger partial charge in [0.2, 0.25) is 10.0 Å². The second-order valence-corrected chi connectivity index (χ2v) is 8.46. The van der Waals surface area contributed by atoms with Crippen LogP contribution < -0.4 is 10.0 Å². The van der Waals surface area contributed by atoms with Crippen molar-refractivity contribution in [2.45, 2.75) is 25.3 Å². The molecular formula is C20H19ClN2O4S. The first-order valence-electron chi connectivity index (χ1n) is 8.46. The first-order chi connectivity index (χ1) is 13.3. The molecular weight excluding hydrogens is 400 g/mol. The average molecular weight is 419 g/mol. The Morgan fingerprint density at radius 1 is 1.11 bits per heavy atom. The van der Waals surface area contributed by atoms with E-state index in [-0.39, 0.29) is 22.0 Å². The number of furan rings is 1. The highest BCUT2D eigenvalue weighted by molar-refractivity contribution is 7.89. The topological polar surface area (TPSA) is 88.4 Å². The van der Waals surface area contributed by atoms with Crippen molar-refractivity contribution >= 4 is 33.2 Å². The lowest BCUT2D eigenvalue weighted by Crippen LogP contribution is -2.24. The third-order valence-corrected chi connectivity index (χ3v) is 6.01. The zero-order valence-corrected chi connectivity index (χ0v) is 16.9. The van der Waals surface area contributed by atoms with E-state index in [1.165, 1.54) is 24.5 Å². The van der Waals surface area contributed by atoms with Crippen molar-refractivity contribution in [3.63, 3.8) is 0 Å². The first-order valence-corrected chi connectivity index (χ1v) is 10.3. The highest BCUT2D eigenvalue weighted by Gasteiger charge is 2.20. The SMILES string of the molecule is Cc1ccc(NC(=O)c2ccc(Cl)c(S(=O)(=O)NCc3ccco3)c2)c(C)c1. The number of hydrogen-bond acceptors (Lipinski definition) is 4. The van der Waals surface area contributed by atoms with Gasteiger partial charge in [0.1, 0.15) is 10.7 Å². The van der Waals surface area contributed by atoms with Gasteiger partial charge in [0.15, 0.2) is 0 Å². The van der Waals surface area contributed by atoms with E-state index >= 15 is 0 Å². The Bertz CT molecular complexity index is 1110. The van der Waals surface area contributed by atoms with Crippen LogP contribution in [0, 0.1) is 13.8 Å². The standard InChI is InChI=1S/C20H19ClN2O4S/c1-13-5-8-18(14(2)10-13)23-20(24)15-6-7-17(21)19(11-15)28(25,26)22-12-16-4-3-9-27-16/h3-11,22H,12H2,1-2H3,(H,23,24). The smallest absolute Gasteiger partial charge is 0.255 e. The number of carbonyl (C=O) groups is 1. The van der Waals surface area contributed by atoms with E-state index in [4.69, 9.17) is 16.0 Å². The van der Waals surface area contributed by atoms with E-state index in [0.717, 1.165) is 11.1 Å². The third kappa shape index (κ3) is 4.62. The minimum absolute atomic E-state index is 0.0232. The predicted octanol–water partition coefficient (Wildman–Crippen LogP) is 4.28. The van der Waals surface area contributed by atoms with E-state index in [2.05, 4.69) is 10.0 Å². The molecule has 146 valence electrons. The van der Waals surface area contributed by atoms with Crippen molar-refractivity contribution in [2.75, 3.05) is 5.32 Å². The Morgan fingerprint density at radius 2 is 1.89 bits per heavy atom. The van der Waals surface area contributed by atoms with E-state index < -0.39 is 15.9 Å². The summed E-state index contributed by atoms with van der Waals surface area (Å²) in [5.41, 5.74) is 2.84. The minimum atomic E-state index is -3.93. The Labute approximate surface area is 168 Å². The summed E-state index contributed by atoms with van der Waals surface area (Å²) >= 11 is 6.07. The Balaban J connectivity index is 1.82. The molecule has 0 aliphatic heterocycles. The zero-order chi connectivity index (χ0) is 20.3. The van der Waals surface area contributed by atoms with Crippen LogP contribution in [0.15, 0.2) is 64.1 Å². The van der Waals surface area contributed by atoms with Gasteiger partial charge in [-0.15, -0.1) is 0 Å². The lowest BCUT2D eigenvalue weighted by Gasteiger charge is -2.12. The summed E-state index contributed by atoms with van der Waals surface area (Å²) in [6, 6.07) is 13.1. The van der Waals surface area contributed by atoms with Crippen LogP contribution in [-0.2, 0) is 16.6 Å². The van der Waals surface area contributed by atoms with Gasteiger partial charge in [-0.25, -0.2) is 13.1 Å². The van der Waals surface area contributed by atoms with Crippen molar-refractivity contribution in [1.82, 2.24) is 4.72 Å². The largest absolute Gasteiger partial charge is 0.468 e. The third-order valence-electron chi connectivity index (χ3n) is 4.13. The number of rotatable bonds is 6. The van der Waals surface area contributed by atoms with Gasteiger partial charge in [-0.05, 0) is 55.8 Å². The number of amides is 1. The van der Waals surface area contributed by atoms with Gasteiger partial charge in [0.05, 0.1) is 17.8 Å². The van der Waals surface area contributed by atoms with Gasteiger partial charge in [-0.2, -0.15) is 0 Å².